The molecule has 1 aliphatic carbocycles. The fourth-order valence-electron chi connectivity index (χ4n) is 2.36. The molecule has 1 heterocycles. The maximum Gasteiger partial charge on any atom is 0.161 e. The van der Waals surface area contributed by atoms with Gasteiger partial charge < -0.3 is 15.2 Å². The maximum absolute atomic E-state index is 6.30. The zero-order chi connectivity index (χ0) is 11.8. The van der Waals surface area contributed by atoms with E-state index < -0.39 is 0 Å². The van der Waals surface area contributed by atoms with Gasteiger partial charge in [0.2, 0.25) is 0 Å². The molecule has 1 atom stereocenters. The summed E-state index contributed by atoms with van der Waals surface area (Å²) < 4.78 is 12.6. The molecule has 1 unspecified atom stereocenters. The third-order valence-corrected chi connectivity index (χ3v) is 3.64. The van der Waals surface area contributed by atoms with Gasteiger partial charge in [0, 0.05) is 14.2 Å². The lowest BCUT2D eigenvalue weighted by molar-refractivity contribution is -0.0929. The third kappa shape index (κ3) is 1.51. The lowest BCUT2D eigenvalue weighted by Gasteiger charge is -2.44. The Labute approximate surface area is 95.5 Å². The number of rotatable bonds is 4. The number of methoxy groups -OCH3 is 2. The highest BCUT2D eigenvalue weighted by Gasteiger charge is 2.45. The van der Waals surface area contributed by atoms with Gasteiger partial charge in [-0.15, -0.1) is 0 Å². The lowest BCUT2D eigenvalue weighted by Crippen LogP contribution is -2.49. The Morgan fingerprint density at radius 2 is 2.19 bits per heavy atom. The number of hydrogen-bond acceptors (Lipinski definition) is 4. The quantitative estimate of drug-likeness (QED) is 0.830. The van der Waals surface area contributed by atoms with Crippen molar-refractivity contribution in [2.24, 2.45) is 12.8 Å². The second-order valence-corrected chi connectivity index (χ2v) is 4.32. The van der Waals surface area contributed by atoms with Crippen LogP contribution in [0.5, 0.6) is 5.75 Å². The molecule has 0 saturated heterocycles. The highest BCUT2D eigenvalue weighted by atomic mass is 16.5. The minimum absolute atomic E-state index is 0.186. The summed E-state index contributed by atoms with van der Waals surface area (Å²) in [6.45, 7) is 0. The first-order valence-electron chi connectivity index (χ1n) is 5.51. The number of nitrogens with two attached hydrogens (primary N) is 1. The van der Waals surface area contributed by atoms with E-state index in [1.54, 1.807) is 25.1 Å². The first kappa shape index (κ1) is 11.4. The van der Waals surface area contributed by atoms with E-state index in [2.05, 4.69) is 5.10 Å². The highest BCUT2D eigenvalue weighted by Crippen LogP contribution is 2.45. The molecule has 2 rings (SSSR count). The number of ether oxygens (including phenoxy) is 2. The predicted octanol–water partition coefficient (Wildman–Crippen LogP) is 0.998. The average Bonchev–Trinajstić information content (AvgIpc) is 2.58. The molecular weight excluding hydrogens is 206 g/mol. The largest absolute Gasteiger partial charge is 0.493 e. The number of hydrogen-bond donors (Lipinski definition) is 1. The molecule has 0 spiro atoms. The Balaban J connectivity index is 2.32. The summed E-state index contributed by atoms with van der Waals surface area (Å²) in [4.78, 5) is 0. The van der Waals surface area contributed by atoms with Crippen LogP contribution in [0.4, 0.5) is 0 Å². The predicted molar refractivity (Wildman–Crippen MR) is 60.3 cm³/mol. The Bertz CT molecular complexity index is 366. The molecule has 0 bridgehead atoms. The van der Waals surface area contributed by atoms with Crippen molar-refractivity contribution in [2.75, 3.05) is 14.2 Å². The van der Waals surface area contributed by atoms with Gasteiger partial charge in [0.1, 0.15) is 0 Å². The van der Waals surface area contributed by atoms with E-state index in [1.165, 1.54) is 6.42 Å². The SMILES string of the molecule is COc1cnn(C)c1C(N)C1(OC)CCC1. The molecule has 16 heavy (non-hydrogen) atoms. The second kappa shape index (κ2) is 4.07. The van der Waals surface area contributed by atoms with Crippen LogP contribution < -0.4 is 10.5 Å². The van der Waals surface area contributed by atoms with E-state index in [9.17, 15) is 0 Å². The zero-order valence-corrected chi connectivity index (χ0v) is 10.1. The van der Waals surface area contributed by atoms with Crippen LogP contribution in [0.3, 0.4) is 0 Å². The zero-order valence-electron chi connectivity index (χ0n) is 10.1. The molecule has 0 amide bonds. The Hall–Kier alpha value is -1.07. The van der Waals surface area contributed by atoms with Crippen LogP contribution in [0, 0.1) is 0 Å². The van der Waals surface area contributed by atoms with Gasteiger partial charge in [0.15, 0.2) is 5.75 Å². The van der Waals surface area contributed by atoms with Crippen LogP contribution in [-0.2, 0) is 11.8 Å². The minimum Gasteiger partial charge on any atom is -0.493 e. The van der Waals surface area contributed by atoms with Gasteiger partial charge in [0.05, 0.1) is 30.6 Å². The highest BCUT2D eigenvalue weighted by molar-refractivity contribution is 5.30. The number of nitrogens with zero attached hydrogens (tertiary/aromatic N) is 2. The molecule has 90 valence electrons. The van der Waals surface area contributed by atoms with Crippen molar-refractivity contribution >= 4 is 0 Å². The maximum atomic E-state index is 6.30. The fraction of sp³-hybridized carbons (Fsp3) is 0.727. The van der Waals surface area contributed by atoms with Gasteiger partial charge in [-0.25, -0.2) is 0 Å². The molecule has 5 nitrogen and oxygen atoms in total. The van der Waals surface area contributed by atoms with Crippen molar-refractivity contribution in [2.45, 2.75) is 30.9 Å². The van der Waals surface area contributed by atoms with Crippen LogP contribution in [0.15, 0.2) is 6.20 Å². The monoisotopic (exact) mass is 225 g/mol. The molecule has 0 aromatic carbocycles. The van der Waals surface area contributed by atoms with Crippen molar-refractivity contribution in [3.05, 3.63) is 11.9 Å². The number of aryl methyl sites for hydroxylation is 1. The van der Waals surface area contributed by atoms with Crippen LogP contribution in [0.25, 0.3) is 0 Å². The summed E-state index contributed by atoms with van der Waals surface area (Å²) in [6.07, 6.45) is 4.86. The smallest absolute Gasteiger partial charge is 0.161 e. The molecular formula is C11H19N3O2. The third-order valence-electron chi connectivity index (χ3n) is 3.64. The van der Waals surface area contributed by atoms with Gasteiger partial charge in [0.25, 0.3) is 0 Å². The van der Waals surface area contributed by atoms with Gasteiger partial charge in [-0.1, -0.05) is 0 Å². The average molecular weight is 225 g/mol. The molecule has 1 aromatic rings. The van der Waals surface area contributed by atoms with Crippen molar-refractivity contribution < 1.29 is 9.47 Å². The Kier molecular flexibility index (Phi) is 2.90. The molecule has 0 radical (unpaired) electrons. The van der Waals surface area contributed by atoms with Gasteiger partial charge in [-0.3, -0.25) is 4.68 Å². The topological polar surface area (TPSA) is 62.3 Å². The van der Waals surface area contributed by atoms with Crippen LogP contribution in [0.2, 0.25) is 0 Å². The molecule has 1 fully saturated rings. The van der Waals surface area contributed by atoms with Crippen molar-refractivity contribution in [1.29, 1.82) is 0 Å². The summed E-state index contributed by atoms with van der Waals surface area (Å²) in [5.41, 5.74) is 6.97. The fourth-order valence-corrected chi connectivity index (χ4v) is 2.36. The first-order valence-corrected chi connectivity index (χ1v) is 5.51. The van der Waals surface area contributed by atoms with Gasteiger partial charge in [-0.2, -0.15) is 5.10 Å². The van der Waals surface area contributed by atoms with E-state index in [-0.39, 0.29) is 11.6 Å². The van der Waals surface area contributed by atoms with Crippen LogP contribution in [0.1, 0.15) is 31.0 Å². The van der Waals surface area contributed by atoms with Gasteiger partial charge in [-0.05, 0) is 19.3 Å². The van der Waals surface area contributed by atoms with Crippen LogP contribution >= 0.6 is 0 Å². The minimum atomic E-state index is -0.235. The first-order chi connectivity index (χ1) is 7.64. The molecule has 0 aliphatic heterocycles. The Morgan fingerprint density at radius 1 is 1.50 bits per heavy atom. The van der Waals surface area contributed by atoms with Crippen LogP contribution in [-0.4, -0.2) is 29.6 Å². The summed E-state index contributed by atoms with van der Waals surface area (Å²) >= 11 is 0. The van der Waals surface area contributed by atoms with E-state index in [0.717, 1.165) is 24.3 Å². The van der Waals surface area contributed by atoms with Crippen molar-refractivity contribution in [3.63, 3.8) is 0 Å². The normalized spacial score (nSPS) is 20.2. The van der Waals surface area contributed by atoms with E-state index in [1.807, 2.05) is 7.05 Å². The summed E-state index contributed by atoms with van der Waals surface area (Å²) in [5, 5.41) is 4.17. The molecule has 1 saturated carbocycles. The molecule has 2 N–H and O–H groups in total. The van der Waals surface area contributed by atoms with E-state index >= 15 is 0 Å². The van der Waals surface area contributed by atoms with E-state index in [4.69, 9.17) is 15.2 Å². The van der Waals surface area contributed by atoms with E-state index in [0.29, 0.717) is 0 Å². The summed E-state index contributed by atoms with van der Waals surface area (Å²) in [6, 6.07) is -0.186. The molecule has 1 aliphatic rings. The second-order valence-electron chi connectivity index (χ2n) is 4.32. The van der Waals surface area contributed by atoms with Gasteiger partial charge >= 0.3 is 0 Å². The Morgan fingerprint density at radius 3 is 2.62 bits per heavy atom. The number of aromatic nitrogens is 2. The molecule has 5 heteroatoms. The summed E-state index contributed by atoms with van der Waals surface area (Å²) in [7, 11) is 5.23. The summed E-state index contributed by atoms with van der Waals surface area (Å²) in [5.74, 6) is 0.735. The standard InChI is InChI=1S/C11H19N3O2/c1-14-9(8(15-2)7-13-14)10(12)11(16-3)5-4-6-11/h7,10H,4-6,12H2,1-3H3. The van der Waals surface area contributed by atoms with Crippen molar-refractivity contribution in [3.8, 4) is 5.75 Å². The van der Waals surface area contributed by atoms with Crippen molar-refractivity contribution in [1.82, 2.24) is 9.78 Å². The lowest BCUT2D eigenvalue weighted by atomic mass is 9.73. The molecule has 1 aromatic heterocycles.